The Morgan fingerprint density at radius 2 is 2.00 bits per heavy atom. The summed E-state index contributed by atoms with van der Waals surface area (Å²) in [7, 11) is -3.81. The largest absolute Gasteiger partial charge is 0.389 e. The van der Waals surface area contributed by atoms with E-state index in [0.29, 0.717) is 0 Å². The van der Waals surface area contributed by atoms with E-state index in [1.807, 2.05) is 0 Å². The van der Waals surface area contributed by atoms with Crippen LogP contribution >= 0.6 is 0 Å². The van der Waals surface area contributed by atoms with E-state index in [4.69, 9.17) is 9.36 Å². The molecule has 2 aromatic rings. The maximum atomic E-state index is 14.5. The number of oxime groups is 1. The molecule has 2 heterocycles. The Morgan fingerprint density at radius 1 is 1.31 bits per heavy atom. The summed E-state index contributed by atoms with van der Waals surface area (Å²) in [5, 5.41) is 12.6. The lowest BCUT2D eigenvalue weighted by atomic mass is 10.1. The van der Waals surface area contributed by atoms with Gasteiger partial charge in [0.25, 0.3) is 0 Å². The number of carbonyl (C=O) groups is 1. The third-order valence-corrected chi connectivity index (χ3v) is 5.62. The number of rotatable bonds is 3. The molecule has 0 atom stereocenters. The maximum absolute atomic E-state index is 14.5. The average molecular weight is 426 g/mol. The van der Waals surface area contributed by atoms with Gasteiger partial charge in [0, 0.05) is 23.4 Å². The first-order valence-electron chi connectivity index (χ1n) is 8.91. The number of carbonyl (C=O) groups excluding carboxylic acids is 1. The van der Waals surface area contributed by atoms with Crippen molar-refractivity contribution in [1.82, 2.24) is 10.5 Å². The molecule has 0 fully saturated rings. The number of fused-ring (bicyclic) bond motifs is 1. The Labute approximate surface area is 167 Å². The fourth-order valence-electron chi connectivity index (χ4n) is 2.74. The van der Waals surface area contributed by atoms with Gasteiger partial charge in [0.15, 0.2) is 10.6 Å². The van der Waals surface area contributed by atoms with Crippen molar-refractivity contribution < 1.29 is 27.0 Å². The van der Waals surface area contributed by atoms with Crippen LogP contribution < -0.4 is 10.6 Å². The summed E-state index contributed by atoms with van der Waals surface area (Å²) in [5.41, 5.74) is -1.11. The molecule has 29 heavy (non-hydrogen) atoms. The fourth-order valence-corrected chi connectivity index (χ4v) is 4.19. The molecule has 0 aliphatic carbocycles. The Hall–Kier alpha value is -2.69. The number of amides is 2. The van der Waals surface area contributed by atoms with Crippen LogP contribution in [0.25, 0.3) is 11.0 Å². The number of hydrogen-bond donors (Lipinski definition) is 2. The van der Waals surface area contributed by atoms with Crippen molar-refractivity contribution in [3.05, 3.63) is 23.6 Å². The minimum atomic E-state index is -3.81. The van der Waals surface area contributed by atoms with Gasteiger partial charge in [0.05, 0.1) is 5.69 Å². The molecule has 0 saturated heterocycles. The summed E-state index contributed by atoms with van der Waals surface area (Å²) >= 11 is 0. The van der Waals surface area contributed by atoms with Gasteiger partial charge in [-0.1, -0.05) is 10.3 Å². The summed E-state index contributed by atoms with van der Waals surface area (Å²) in [6, 6.07) is 1.76. The third kappa shape index (κ3) is 4.84. The van der Waals surface area contributed by atoms with E-state index in [-0.39, 0.29) is 33.8 Å². The molecular formula is C18H23FN4O5S. The number of nitrogens with zero attached hydrogens (tertiary/aromatic N) is 2. The van der Waals surface area contributed by atoms with Crippen LogP contribution in [0.5, 0.6) is 0 Å². The first kappa shape index (κ1) is 21.0. The zero-order valence-corrected chi connectivity index (χ0v) is 17.6. The second kappa shape index (κ2) is 6.97. The molecule has 0 saturated carbocycles. The minimum Gasteiger partial charge on any atom is -0.389 e. The highest BCUT2D eigenvalue weighted by atomic mass is 32.2. The van der Waals surface area contributed by atoms with Gasteiger partial charge in [-0.05, 0) is 40.7 Å². The standard InChI is InChI=1S/C18H23FN4O5S/c1-17(2,3)21-16(24)20-12-7-14-10(6-11(12)19)13(22-27-14)9-29(25,26)15-8-18(4,5)28-23-15/h6-7H,8-9H2,1-5H3,(H2,20,21,24). The molecule has 158 valence electrons. The van der Waals surface area contributed by atoms with Crippen molar-refractivity contribution in [2.75, 3.05) is 5.32 Å². The monoisotopic (exact) mass is 426 g/mol. The Balaban J connectivity index is 1.84. The molecule has 9 nitrogen and oxygen atoms in total. The fraction of sp³-hybridized carbons (Fsp3) is 0.500. The Morgan fingerprint density at radius 3 is 2.59 bits per heavy atom. The van der Waals surface area contributed by atoms with Gasteiger partial charge in [0.1, 0.15) is 22.9 Å². The molecule has 1 aliphatic rings. The van der Waals surface area contributed by atoms with Gasteiger partial charge < -0.3 is 20.0 Å². The van der Waals surface area contributed by atoms with E-state index in [0.717, 1.165) is 6.07 Å². The van der Waals surface area contributed by atoms with E-state index in [1.165, 1.54) is 6.07 Å². The topological polar surface area (TPSA) is 123 Å². The smallest absolute Gasteiger partial charge is 0.319 e. The van der Waals surface area contributed by atoms with E-state index in [2.05, 4.69) is 20.9 Å². The molecule has 2 amide bonds. The van der Waals surface area contributed by atoms with Crippen LogP contribution in [0.4, 0.5) is 14.9 Å². The lowest BCUT2D eigenvalue weighted by Gasteiger charge is -2.20. The predicted octanol–water partition coefficient (Wildman–Crippen LogP) is 3.31. The molecule has 0 spiro atoms. The molecule has 1 aliphatic heterocycles. The molecule has 11 heteroatoms. The van der Waals surface area contributed by atoms with Crippen molar-refractivity contribution in [2.24, 2.45) is 5.16 Å². The Kier molecular flexibility index (Phi) is 5.06. The first-order chi connectivity index (χ1) is 13.3. The van der Waals surface area contributed by atoms with E-state index >= 15 is 0 Å². The zero-order valence-electron chi connectivity index (χ0n) is 16.8. The van der Waals surface area contributed by atoms with Crippen molar-refractivity contribution in [3.63, 3.8) is 0 Å². The Bertz CT molecular complexity index is 1100. The van der Waals surface area contributed by atoms with Gasteiger partial charge in [-0.15, -0.1) is 0 Å². The van der Waals surface area contributed by atoms with Gasteiger partial charge in [-0.2, -0.15) is 0 Å². The van der Waals surface area contributed by atoms with Gasteiger partial charge in [-0.3, -0.25) is 0 Å². The number of sulfone groups is 1. The van der Waals surface area contributed by atoms with Crippen LogP contribution in [0.2, 0.25) is 0 Å². The second-order valence-electron chi connectivity index (χ2n) is 8.56. The van der Waals surface area contributed by atoms with Crippen LogP contribution in [-0.2, 0) is 20.4 Å². The van der Waals surface area contributed by atoms with Crippen LogP contribution in [0.3, 0.4) is 0 Å². The summed E-state index contributed by atoms with van der Waals surface area (Å²) < 4.78 is 44.9. The van der Waals surface area contributed by atoms with Crippen molar-refractivity contribution in [2.45, 2.75) is 57.9 Å². The lowest BCUT2D eigenvalue weighted by Crippen LogP contribution is -2.43. The van der Waals surface area contributed by atoms with Crippen LogP contribution in [0, 0.1) is 5.82 Å². The molecular weight excluding hydrogens is 403 g/mol. The second-order valence-corrected chi connectivity index (χ2v) is 10.5. The van der Waals surface area contributed by atoms with Gasteiger partial charge in [0.2, 0.25) is 9.84 Å². The summed E-state index contributed by atoms with van der Waals surface area (Å²) in [6.45, 7) is 8.82. The number of anilines is 1. The number of benzene rings is 1. The number of halogens is 1. The molecule has 1 aromatic carbocycles. The molecule has 1 aromatic heterocycles. The van der Waals surface area contributed by atoms with Crippen LogP contribution in [0.15, 0.2) is 21.8 Å². The average Bonchev–Trinajstić information content (AvgIpc) is 3.09. The SMILES string of the molecule is CC(C)(C)NC(=O)Nc1cc2onc(CS(=O)(=O)C3=NOC(C)(C)C3)c2cc1F. The molecule has 0 unspecified atom stereocenters. The highest BCUT2D eigenvalue weighted by molar-refractivity contribution is 8.05. The zero-order chi connectivity index (χ0) is 21.6. The lowest BCUT2D eigenvalue weighted by molar-refractivity contribution is 0.0123. The van der Waals surface area contributed by atoms with Crippen molar-refractivity contribution in [1.29, 1.82) is 0 Å². The highest BCUT2D eigenvalue weighted by Gasteiger charge is 2.36. The molecule has 2 N–H and O–H groups in total. The maximum Gasteiger partial charge on any atom is 0.319 e. The quantitative estimate of drug-likeness (QED) is 0.776. The highest BCUT2D eigenvalue weighted by Crippen LogP contribution is 2.29. The molecule has 0 bridgehead atoms. The van der Waals surface area contributed by atoms with Crippen LogP contribution in [0.1, 0.15) is 46.7 Å². The van der Waals surface area contributed by atoms with Gasteiger partial charge >= 0.3 is 6.03 Å². The normalized spacial score (nSPS) is 16.4. The molecule has 0 radical (unpaired) electrons. The number of nitrogens with one attached hydrogen (secondary N) is 2. The van der Waals surface area contributed by atoms with Crippen molar-refractivity contribution >= 4 is 37.6 Å². The first-order valence-corrected chi connectivity index (χ1v) is 10.6. The number of aromatic nitrogens is 1. The van der Waals surface area contributed by atoms with E-state index in [1.54, 1.807) is 34.6 Å². The number of urea groups is 1. The minimum absolute atomic E-state index is 0.0528. The van der Waals surface area contributed by atoms with Crippen molar-refractivity contribution in [3.8, 4) is 0 Å². The third-order valence-electron chi connectivity index (χ3n) is 4.03. The summed E-state index contributed by atoms with van der Waals surface area (Å²) in [6.07, 6.45) is 0.135. The predicted molar refractivity (Wildman–Crippen MR) is 106 cm³/mol. The van der Waals surface area contributed by atoms with E-state index in [9.17, 15) is 17.6 Å². The molecule has 3 rings (SSSR count). The van der Waals surface area contributed by atoms with E-state index < -0.39 is 38.6 Å². The number of hydrogen-bond acceptors (Lipinski definition) is 7. The summed E-state index contributed by atoms with van der Waals surface area (Å²) in [5.74, 6) is -1.25. The van der Waals surface area contributed by atoms with Gasteiger partial charge in [-0.25, -0.2) is 17.6 Å². The van der Waals surface area contributed by atoms with Crippen LogP contribution in [-0.4, -0.2) is 35.8 Å². The summed E-state index contributed by atoms with van der Waals surface area (Å²) in [4.78, 5) is 17.1.